The maximum absolute atomic E-state index is 3.82. The van der Waals surface area contributed by atoms with Gasteiger partial charge in [0.2, 0.25) is 0 Å². The molecule has 0 radical (unpaired) electrons. The first-order valence-corrected chi connectivity index (χ1v) is 8.61. The van der Waals surface area contributed by atoms with Gasteiger partial charge in [-0.1, -0.05) is 30.3 Å². The van der Waals surface area contributed by atoms with Crippen LogP contribution in [0.15, 0.2) is 57.5 Å². The van der Waals surface area contributed by atoms with Gasteiger partial charge in [0.25, 0.3) is 0 Å². The van der Waals surface area contributed by atoms with Gasteiger partial charge in [-0.05, 0) is 50.1 Å². The van der Waals surface area contributed by atoms with Crippen LogP contribution in [0.25, 0.3) is 43.6 Å². The topological polar surface area (TPSA) is 31.6 Å². The van der Waals surface area contributed by atoms with Gasteiger partial charge in [-0.3, -0.25) is 0 Å². The van der Waals surface area contributed by atoms with Crippen molar-refractivity contribution in [3.63, 3.8) is 0 Å². The van der Waals surface area contributed by atoms with Gasteiger partial charge in [-0.25, -0.2) is 0 Å². The lowest BCUT2D eigenvalue weighted by Crippen LogP contribution is -1.75. The molecule has 106 valence electrons. The molecule has 0 saturated heterocycles. The minimum atomic E-state index is 1.08. The Labute approximate surface area is 142 Å². The molecule has 0 aliphatic carbocycles. The van der Waals surface area contributed by atoms with E-state index in [0.29, 0.717) is 0 Å². The van der Waals surface area contributed by atoms with Crippen LogP contribution < -0.4 is 0 Å². The minimum absolute atomic E-state index is 1.08. The molecule has 22 heavy (non-hydrogen) atoms. The van der Waals surface area contributed by atoms with Crippen LogP contribution >= 0.6 is 31.9 Å². The van der Waals surface area contributed by atoms with E-state index in [4.69, 9.17) is 0 Å². The summed E-state index contributed by atoms with van der Waals surface area (Å²) in [5.74, 6) is 0. The van der Waals surface area contributed by atoms with E-state index in [9.17, 15) is 0 Å². The molecule has 0 bridgehead atoms. The highest BCUT2D eigenvalue weighted by Gasteiger charge is 2.15. The number of hydrogen-bond acceptors (Lipinski definition) is 0. The van der Waals surface area contributed by atoms with Crippen molar-refractivity contribution in [2.45, 2.75) is 0 Å². The Balaban J connectivity index is 2.09. The van der Waals surface area contributed by atoms with Crippen molar-refractivity contribution in [1.29, 1.82) is 0 Å². The van der Waals surface area contributed by atoms with Gasteiger partial charge in [-0.2, -0.15) is 0 Å². The molecule has 2 aromatic heterocycles. The van der Waals surface area contributed by atoms with Crippen molar-refractivity contribution in [2.75, 3.05) is 0 Å². The first-order chi connectivity index (χ1) is 10.7. The lowest BCUT2D eigenvalue weighted by molar-refractivity contribution is 1.52. The van der Waals surface area contributed by atoms with E-state index < -0.39 is 0 Å². The van der Waals surface area contributed by atoms with Crippen molar-refractivity contribution in [1.82, 2.24) is 9.97 Å². The van der Waals surface area contributed by atoms with Gasteiger partial charge in [0.1, 0.15) is 0 Å². The average molecular weight is 414 g/mol. The zero-order valence-corrected chi connectivity index (χ0v) is 14.5. The SMILES string of the molecule is Brc1cccc2c1[nH]c1cc3c([nH]c4ccccc43)c(Br)c12. The Kier molecular flexibility index (Phi) is 2.53. The standard InChI is InChI=1S/C18H10Br2N2/c19-12-6-3-5-10-15-14(22-17(10)12)8-11-9-4-1-2-7-13(9)21-18(11)16(15)20/h1-8,21-22H. The molecule has 4 heteroatoms. The quantitative estimate of drug-likeness (QED) is 0.291. The minimum Gasteiger partial charge on any atom is -0.354 e. The number of benzene rings is 3. The van der Waals surface area contributed by atoms with Gasteiger partial charge < -0.3 is 9.97 Å². The van der Waals surface area contributed by atoms with Crippen molar-refractivity contribution in [3.05, 3.63) is 57.5 Å². The fraction of sp³-hybridized carbons (Fsp3) is 0. The fourth-order valence-electron chi connectivity index (χ4n) is 3.30. The number of rotatable bonds is 0. The Morgan fingerprint density at radius 2 is 1.45 bits per heavy atom. The molecule has 2 heterocycles. The van der Waals surface area contributed by atoms with E-state index >= 15 is 0 Å². The van der Waals surface area contributed by atoms with Gasteiger partial charge in [0, 0.05) is 37.1 Å². The zero-order valence-electron chi connectivity index (χ0n) is 11.4. The van der Waals surface area contributed by atoms with Crippen LogP contribution in [0.3, 0.4) is 0 Å². The molecule has 2 nitrogen and oxygen atoms in total. The monoisotopic (exact) mass is 412 g/mol. The molecule has 2 N–H and O–H groups in total. The number of halogens is 2. The van der Waals surface area contributed by atoms with Crippen molar-refractivity contribution >= 4 is 75.5 Å². The third kappa shape index (κ3) is 1.54. The number of para-hydroxylation sites is 2. The molecule has 0 fully saturated rings. The van der Waals surface area contributed by atoms with E-state index in [2.05, 4.69) is 90.4 Å². The second kappa shape index (κ2) is 4.37. The predicted molar refractivity (Wildman–Crippen MR) is 101 cm³/mol. The second-order valence-electron chi connectivity index (χ2n) is 5.49. The number of fused-ring (bicyclic) bond motifs is 6. The molecule has 0 spiro atoms. The smallest absolute Gasteiger partial charge is 0.0617 e. The molecule has 0 aliphatic rings. The van der Waals surface area contributed by atoms with Crippen LogP contribution in [0.4, 0.5) is 0 Å². The second-order valence-corrected chi connectivity index (χ2v) is 7.14. The number of aromatic nitrogens is 2. The summed E-state index contributed by atoms with van der Waals surface area (Å²) in [6, 6.07) is 16.9. The Hall–Kier alpha value is -1.78. The Bertz CT molecular complexity index is 1200. The van der Waals surface area contributed by atoms with Gasteiger partial charge in [0.15, 0.2) is 0 Å². The summed E-state index contributed by atoms with van der Waals surface area (Å²) >= 11 is 7.45. The summed E-state index contributed by atoms with van der Waals surface area (Å²) in [4.78, 5) is 7.08. The molecular formula is C18H10Br2N2. The highest BCUT2D eigenvalue weighted by molar-refractivity contribution is 9.11. The van der Waals surface area contributed by atoms with Crippen LogP contribution in [0, 0.1) is 0 Å². The van der Waals surface area contributed by atoms with Crippen LogP contribution in [-0.4, -0.2) is 9.97 Å². The normalized spacial score (nSPS) is 12.1. The van der Waals surface area contributed by atoms with E-state index in [1.807, 2.05) is 0 Å². The first-order valence-electron chi connectivity index (χ1n) is 7.03. The Morgan fingerprint density at radius 1 is 0.682 bits per heavy atom. The first kappa shape index (κ1) is 12.7. The molecule has 0 atom stereocenters. The summed E-state index contributed by atoms with van der Waals surface area (Å²) in [6.45, 7) is 0. The maximum Gasteiger partial charge on any atom is 0.0617 e. The van der Waals surface area contributed by atoms with E-state index in [-0.39, 0.29) is 0 Å². The number of H-pyrrole nitrogens is 2. The summed E-state index contributed by atoms with van der Waals surface area (Å²) in [5.41, 5.74) is 4.59. The fourth-order valence-corrected chi connectivity index (χ4v) is 4.51. The third-order valence-electron chi connectivity index (χ3n) is 4.29. The van der Waals surface area contributed by atoms with Gasteiger partial charge in [-0.15, -0.1) is 0 Å². The summed E-state index contributed by atoms with van der Waals surface area (Å²) in [7, 11) is 0. The number of nitrogens with one attached hydrogen (secondary N) is 2. The number of aromatic amines is 2. The van der Waals surface area contributed by atoms with Crippen LogP contribution in [0.5, 0.6) is 0 Å². The highest BCUT2D eigenvalue weighted by atomic mass is 79.9. The molecule has 0 aliphatic heterocycles. The Morgan fingerprint density at radius 3 is 2.36 bits per heavy atom. The third-order valence-corrected chi connectivity index (χ3v) is 5.74. The van der Waals surface area contributed by atoms with E-state index in [0.717, 1.165) is 31.0 Å². The average Bonchev–Trinajstić information content (AvgIpc) is 3.08. The van der Waals surface area contributed by atoms with Crippen LogP contribution in [0.1, 0.15) is 0 Å². The maximum atomic E-state index is 3.82. The molecule has 5 aromatic rings. The molecule has 0 saturated carbocycles. The zero-order chi connectivity index (χ0) is 14.8. The predicted octanol–water partition coefficient (Wildman–Crippen LogP) is 6.48. The highest BCUT2D eigenvalue weighted by Crippen LogP contribution is 2.40. The lowest BCUT2D eigenvalue weighted by Gasteiger charge is -1.99. The lowest BCUT2D eigenvalue weighted by atomic mass is 10.1. The molecule has 3 aromatic carbocycles. The van der Waals surface area contributed by atoms with Crippen molar-refractivity contribution < 1.29 is 0 Å². The van der Waals surface area contributed by atoms with Crippen molar-refractivity contribution in [3.8, 4) is 0 Å². The number of hydrogen-bond donors (Lipinski definition) is 2. The summed E-state index contributed by atoms with van der Waals surface area (Å²) in [5, 5.41) is 4.92. The van der Waals surface area contributed by atoms with Crippen molar-refractivity contribution in [2.24, 2.45) is 0 Å². The van der Waals surface area contributed by atoms with E-state index in [1.165, 1.54) is 21.5 Å². The molecular weight excluding hydrogens is 404 g/mol. The largest absolute Gasteiger partial charge is 0.354 e. The van der Waals surface area contributed by atoms with Crippen LogP contribution in [0.2, 0.25) is 0 Å². The summed E-state index contributed by atoms with van der Waals surface area (Å²) < 4.78 is 2.20. The molecule has 5 rings (SSSR count). The molecule has 0 amide bonds. The van der Waals surface area contributed by atoms with Crippen LogP contribution in [-0.2, 0) is 0 Å². The molecule has 0 unspecified atom stereocenters. The van der Waals surface area contributed by atoms with Gasteiger partial charge >= 0.3 is 0 Å². The summed E-state index contributed by atoms with van der Waals surface area (Å²) in [6.07, 6.45) is 0. The van der Waals surface area contributed by atoms with E-state index in [1.54, 1.807) is 0 Å². The van der Waals surface area contributed by atoms with Gasteiger partial charge in [0.05, 0.1) is 15.5 Å².